The number of hydrogen-bond acceptors (Lipinski definition) is 4. The summed E-state index contributed by atoms with van der Waals surface area (Å²) >= 11 is 0. The fraction of sp³-hybridized carbons (Fsp3) is 0.533. The number of esters is 1. The van der Waals surface area contributed by atoms with E-state index in [2.05, 4.69) is 21.6 Å². The number of benzene rings is 1. The van der Waals surface area contributed by atoms with Gasteiger partial charge in [-0.15, -0.1) is 0 Å². The second-order valence-corrected chi connectivity index (χ2v) is 5.08. The van der Waals surface area contributed by atoms with Crippen LogP contribution in [0.1, 0.15) is 15.9 Å². The largest absolute Gasteiger partial charge is 0.465 e. The Morgan fingerprint density at radius 2 is 1.79 bits per heavy atom. The SMILES string of the molecule is COC(=O)c1ccc(CCN2CCN(C)CC2)cc1. The summed E-state index contributed by atoms with van der Waals surface area (Å²) in [6, 6.07) is 7.71. The molecule has 0 aromatic heterocycles. The lowest BCUT2D eigenvalue weighted by atomic mass is 10.1. The van der Waals surface area contributed by atoms with Crippen molar-refractivity contribution in [3.05, 3.63) is 35.4 Å². The number of hydrogen-bond donors (Lipinski definition) is 0. The monoisotopic (exact) mass is 262 g/mol. The highest BCUT2D eigenvalue weighted by Crippen LogP contribution is 2.08. The molecule has 1 aromatic carbocycles. The number of carbonyl (C=O) groups excluding carboxylic acids is 1. The van der Waals surface area contributed by atoms with Crippen LogP contribution in [0, 0.1) is 0 Å². The van der Waals surface area contributed by atoms with Crippen LogP contribution in [0.4, 0.5) is 0 Å². The first-order valence-electron chi connectivity index (χ1n) is 6.77. The van der Waals surface area contributed by atoms with Crippen molar-refractivity contribution in [1.82, 2.24) is 9.80 Å². The highest BCUT2D eigenvalue weighted by atomic mass is 16.5. The summed E-state index contributed by atoms with van der Waals surface area (Å²) in [5, 5.41) is 0. The molecule has 0 unspecified atom stereocenters. The van der Waals surface area contributed by atoms with Gasteiger partial charge in [0.2, 0.25) is 0 Å². The third-order valence-corrected chi connectivity index (χ3v) is 3.69. The van der Waals surface area contributed by atoms with Crippen molar-refractivity contribution in [2.45, 2.75) is 6.42 Å². The van der Waals surface area contributed by atoms with Crippen LogP contribution >= 0.6 is 0 Å². The van der Waals surface area contributed by atoms with Gasteiger partial charge in [-0.05, 0) is 31.2 Å². The molecule has 19 heavy (non-hydrogen) atoms. The van der Waals surface area contributed by atoms with Crippen LogP contribution in [0.5, 0.6) is 0 Å². The number of ether oxygens (including phenoxy) is 1. The van der Waals surface area contributed by atoms with E-state index in [0.29, 0.717) is 5.56 Å². The van der Waals surface area contributed by atoms with Crippen molar-refractivity contribution in [3.8, 4) is 0 Å². The van der Waals surface area contributed by atoms with Gasteiger partial charge in [-0.3, -0.25) is 0 Å². The topological polar surface area (TPSA) is 32.8 Å². The van der Waals surface area contributed by atoms with Crippen LogP contribution in [0.15, 0.2) is 24.3 Å². The summed E-state index contributed by atoms with van der Waals surface area (Å²) in [5.41, 5.74) is 1.89. The first-order valence-corrected chi connectivity index (χ1v) is 6.77. The van der Waals surface area contributed by atoms with E-state index in [1.54, 1.807) is 0 Å². The second kappa shape index (κ2) is 6.68. The highest BCUT2D eigenvalue weighted by molar-refractivity contribution is 5.89. The van der Waals surface area contributed by atoms with Gasteiger partial charge < -0.3 is 14.5 Å². The molecule has 0 bridgehead atoms. The van der Waals surface area contributed by atoms with E-state index >= 15 is 0 Å². The zero-order valence-electron chi connectivity index (χ0n) is 11.8. The Kier molecular flexibility index (Phi) is 4.93. The van der Waals surface area contributed by atoms with E-state index in [9.17, 15) is 4.79 Å². The van der Waals surface area contributed by atoms with Crippen molar-refractivity contribution in [3.63, 3.8) is 0 Å². The van der Waals surface area contributed by atoms with E-state index in [1.165, 1.54) is 12.7 Å². The molecule has 0 spiro atoms. The number of carbonyl (C=O) groups is 1. The molecule has 0 aliphatic carbocycles. The number of likely N-dealkylation sites (N-methyl/N-ethyl adjacent to an activating group) is 1. The molecule has 4 nitrogen and oxygen atoms in total. The predicted octanol–water partition coefficient (Wildman–Crippen LogP) is 1.26. The van der Waals surface area contributed by atoms with Crippen molar-refractivity contribution < 1.29 is 9.53 Å². The maximum Gasteiger partial charge on any atom is 0.337 e. The van der Waals surface area contributed by atoms with Crippen LogP contribution in [0.3, 0.4) is 0 Å². The first-order chi connectivity index (χ1) is 9.19. The fourth-order valence-corrected chi connectivity index (χ4v) is 2.28. The minimum atomic E-state index is -0.273. The molecule has 0 N–H and O–H groups in total. The van der Waals surface area contributed by atoms with Gasteiger partial charge >= 0.3 is 5.97 Å². The highest BCUT2D eigenvalue weighted by Gasteiger charge is 2.13. The molecule has 0 radical (unpaired) electrons. The molecular weight excluding hydrogens is 240 g/mol. The molecule has 1 saturated heterocycles. The Morgan fingerprint density at radius 1 is 1.16 bits per heavy atom. The van der Waals surface area contributed by atoms with Crippen LogP contribution in [0.25, 0.3) is 0 Å². The van der Waals surface area contributed by atoms with Gasteiger partial charge in [0.25, 0.3) is 0 Å². The van der Waals surface area contributed by atoms with Crippen molar-refractivity contribution in [1.29, 1.82) is 0 Å². The predicted molar refractivity (Wildman–Crippen MR) is 75.4 cm³/mol. The van der Waals surface area contributed by atoms with Crippen molar-refractivity contribution >= 4 is 5.97 Å². The molecule has 1 heterocycles. The van der Waals surface area contributed by atoms with Crippen LogP contribution < -0.4 is 0 Å². The molecule has 104 valence electrons. The third kappa shape index (κ3) is 4.04. The number of nitrogens with zero attached hydrogens (tertiary/aromatic N) is 2. The molecule has 4 heteroatoms. The summed E-state index contributed by atoms with van der Waals surface area (Å²) in [6.45, 7) is 5.70. The van der Waals surface area contributed by atoms with Gasteiger partial charge in [0.1, 0.15) is 0 Å². The summed E-state index contributed by atoms with van der Waals surface area (Å²) < 4.78 is 4.69. The molecule has 1 aliphatic heterocycles. The Morgan fingerprint density at radius 3 is 2.37 bits per heavy atom. The minimum Gasteiger partial charge on any atom is -0.465 e. The molecule has 1 aliphatic rings. The van der Waals surface area contributed by atoms with E-state index in [0.717, 1.165) is 39.1 Å². The van der Waals surface area contributed by atoms with Crippen molar-refractivity contribution in [2.75, 3.05) is 46.9 Å². The van der Waals surface area contributed by atoms with Crippen molar-refractivity contribution in [2.24, 2.45) is 0 Å². The number of methoxy groups -OCH3 is 1. The summed E-state index contributed by atoms with van der Waals surface area (Å²) in [5.74, 6) is -0.273. The van der Waals surface area contributed by atoms with Gasteiger partial charge in [0.05, 0.1) is 12.7 Å². The van der Waals surface area contributed by atoms with Gasteiger partial charge in [0.15, 0.2) is 0 Å². The Hall–Kier alpha value is -1.39. The van der Waals surface area contributed by atoms with Crippen LogP contribution in [-0.4, -0.2) is 62.7 Å². The van der Waals surface area contributed by atoms with Gasteiger partial charge in [-0.25, -0.2) is 4.79 Å². The molecule has 1 aromatic rings. The first kappa shape index (κ1) is 14.0. The van der Waals surface area contributed by atoms with E-state index < -0.39 is 0 Å². The zero-order valence-corrected chi connectivity index (χ0v) is 11.8. The Bertz CT molecular complexity index is 409. The summed E-state index contributed by atoms with van der Waals surface area (Å²) in [7, 11) is 3.58. The van der Waals surface area contributed by atoms with Gasteiger partial charge in [0, 0.05) is 32.7 Å². The molecule has 2 rings (SSSR count). The Labute approximate surface area is 115 Å². The second-order valence-electron chi connectivity index (χ2n) is 5.08. The standard InChI is InChI=1S/C15H22N2O2/c1-16-9-11-17(12-10-16)8-7-13-3-5-14(6-4-13)15(18)19-2/h3-6H,7-12H2,1-2H3. The zero-order chi connectivity index (χ0) is 13.7. The van der Waals surface area contributed by atoms with Crippen LogP contribution in [-0.2, 0) is 11.2 Å². The van der Waals surface area contributed by atoms with Gasteiger partial charge in [-0.1, -0.05) is 12.1 Å². The molecule has 0 saturated carbocycles. The number of rotatable bonds is 4. The van der Waals surface area contributed by atoms with E-state index in [-0.39, 0.29) is 5.97 Å². The number of piperazine rings is 1. The summed E-state index contributed by atoms with van der Waals surface area (Å²) in [4.78, 5) is 16.2. The van der Waals surface area contributed by atoms with E-state index in [4.69, 9.17) is 0 Å². The minimum absolute atomic E-state index is 0.273. The maximum absolute atomic E-state index is 11.3. The molecule has 0 amide bonds. The molecule has 1 fully saturated rings. The lowest BCUT2D eigenvalue weighted by Gasteiger charge is -2.32. The quantitative estimate of drug-likeness (QED) is 0.765. The van der Waals surface area contributed by atoms with Gasteiger partial charge in [-0.2, -0.15) is 0 Å². The Balaban J connectivity index is 1.81. The summed E-state index contributed by atoms with van der Waals surface area (Å²) in [6.07, 6.45) is 1.03. The average Bonchev–Trinajstić information content (AvgIpc) is 2.46. The van der Waals surface area contributed by atoms with E-state index in [1.807, 2.05) is 24.3 Å². The smallest absolute Gasteiger partial charge is 0.337 e. The fourth-order valence-electron chi connectivity index (χ4n) is 2.28. The molecule has 0 atom stereocenters. The maximum atomic E-state index is 11.3. The lowest BCUT2D eigenvalue weighted by Crippen LogP contribution is -2.45. The molecular formula is C15H22N2O2. The van der Waals surface area contributed by atoms with Crippen LogP contribution in [0.2, 0.25) is 0 Å². The third-order valence-electron chi connectivity index (χ3n) is 3.69. The normalized spacial score (nSPS) is 17.4. The average molecular weight is 262 g/mol. The lowest BCUT2D eigenvalue weighted by molar-refractivity contribution is 0.0600.